The van der Waals surface area contributed by atoms with Gasteiger partial charge in [0.1, 0.15) is 0 Å². The van der Waals surface area contributed by atoms with Crippen LogP contribution in [0.4, 0.5) is 0 Å². The lowest BCUT2D eigenvalue weighted by Gasteiger charge is -2.46. The fourth-order valence-electron chi connectivity index (χ4n) is 4.01. The molecule has 1 N–H and O–H groups in total. The normalized spacial score (nSPS) is 31.2. The smallest absolute Gasteiger partial charge is 0.0124 e. The zero-order chi connectivity index (χ0) is 12.3. The fourth-order valence-corrected chi connectivity index (χ4v) is 4.01. The van der Waals surface area contributed by atoms with Gasteiger partial charge in [-0.3, -0.25) is 4.90 Å². The Kier molecular flexibility index (Phi) is 4.48. The summed E-state index contributed by atoms with van der Waals surface area (Å²) in [5.74, 6) is 1.02. The molecule has 1 aliphatic carbocycles. The molecule has 1 aliphatic heterocycles. The third-order valence-electron chi connectivity index (χ3n) is 4.64. The molecule has 2 heteroatoms. The Hall–Kier alpha value is -0.0800. The van der Waals surface area contributed by atoms with Gasteiger partial charge in [-0.05, 0) is 50.6 Å². The molecule has 1 saturated carbocycles. The Morgan fingerprint density at radius 1 is 1.12 bits per heavy atom. The van der Waals surface area contributed by atoms with Gasteiger partial charge in [0.15, 0.2) is 0 Å². The monoisotopic (exact) mass is 238 g/mol. The van der Waals surface area contributed by atoms with E-state index in [-0.39, 0.29) is 0 Å². The van der Waals surface area contributed by atoms with Crippen molar-refractivity contribution in [2.45, 2.75) is 58.4 Å². The predicted molar refractivity (Wildman–Crippen MR) is 74.3 cm³/mol. The summed E-state index contributed by atoms with van der Waals surface area (Å²) in [6, 6.07) is 0.911. The highest BCUT2D eigenvalue weighted by Crippen LogP contribution is 2.36. The number of hydrogen-bond acceptors (Lipinski definition) is 2. The molecule has 0 amide bonds. The van der Waals surface area contributed by atoms with Crippen LogP contribution in [0, 0.1) is 11.3 Å². The van der Waals surface area contributed by atoms with Crippen LogP contribution in [-0.4, -0.2) is 37.6 Å². The largest absolute Gasteiger partial charge is 0.319 e. The second kappa shape index (κ2) is 5.71. The molecule has 0 aromatic heterocycles. The minimum absolute atomic E-state index is 0.411. The van der Waals surface area contributed by atoms with Crippen molar-refractivity contribution in [1.82, 2.24) is 10.2 Å². The van der Waals surface area contributed by atoms with Gasteiger partial charge in [0.2, 0.25) is 0 Å². The first-order chi connectivity index (χ1) is 8.12. The molecule has 2 nitrogen and oxygen atoms in total. The van der Waals surface area contributed by atoms with Gasteiger partial charge in [-0.15, -0.1) is 0 Å². The third-order valence-corrected chi connectivity index (χ3v) is 4.64. The molecule has 2 rings (SSSR count). The van der Waals surface area contributed by atoms with E-state index >= 15 is 0 Å². The van der Waals surface area contributed by atoms with Gasteiger partial charge >= 0.3 is 0 Å². The molecule has 0 spiro atoms. The maximum Gasteiger partial charge on any atom is 0.0124 e. The van der Waals surface area contributed by atoms with Gasteiger partial charge in [-0.2, -0.15) is 0 Å². The van der Waals surface area contributed by atoms with Gasteiger partial charge in [-0.1, -0.05) is 26.7 Å². The third kappa shape index (κ3) is 3.45. The second-order valence-electron chi connectivity index (χ2n) is 6.92. The molecule has 2 unspecified atom stereocenters. The first kappa shape index (κ1) is 13.4. The highest BCUT2D eigenvalue weighted by atomic mass is 15.2. The number of nitrogens with one attached hydrogen (secondary N) is 1. The maximum absolute atomic E-state index is 3.34. The van der Waals surface area contributed by atoms with E-state index in [2.05, 4.69) is 31.1 Å². The first-order valence-electron chi connectivity index (χ1n) is 7.51. The Labute approximate surface area is 107 Å². The van der Waals surface area contributed by atoms with Crippen LogP contribution < -0.4 is 5.32 Å². The van der Waals surface area contributed by atoms with Crippen LogP contribution >= 0.6 is 0 Å². The Balaban J connectivity index is 1.94. The van der Waals surface area contributed by atoms with E-state index in [0.29, 0.717) is 5.41 Å². The summed E-state index contributed by atoms with van der Waals surface area (Å²) in [6.07, 6.45) is 8.82. The highest BCUT2D eigenvalue weighted by Gasteiger charge is 2.35. The summed E-state index contributed by atoms with van der Waals surface area (Å²) in [5.41, 5.74) is 0.411. The Morgan fingerprint density at radius 2 is 1.82 bits per heavy atom. The number of nitrogens with zero attached hydrogens (tertiary/aromatic N) is 1. The summed E-state index contributed by atoms with van der Waals surface area (Å²) in [5, 5.41) is 3.34. The molecule has 0 aromatic carbocycles. The first-order valence-corrected chi connectivity index (χ1v) is 7.51. The van der Waals surface area contributed by atoms with E-state index in [4.69, 9.17) is 0 Å². The van der Waals surface area contributed by atoms with E-state index in [0.717, 1.165) is 18.5 Å². The molecule has 1 heterocycles. The van der Waals surface area contributed by atoms with Gasteiger partial charge in [0, 0.05) is 19.1 Å². The average Bonchev–Trinajstić information content (AvgIpc) is 2.29. The van der Waals surface area contributed by atoms with Crippen molar-refractivity contribution in [3.63, 3.8) is 0 Å². The van der Waals surface area contributed by atoms with Crippen molar-refractivity contribution in [3.8, 4) is 0 Å². The summed E-state index contributed by atoms with van der Waals surface area (Å²) in [6.45, 7) is 8.54. The summed E-state index contributed by atoms with van der Waals surface area (Å²) < 4.78 is 0. The molecule has 17 heavy (non-hydrogen) atoms. The molecule has 100 valence electrons. The SMILES string of the molecule is CNCC(C)(C)CN1CCCC2CCCCC21. The van der Waals surface area contributed by atoms with Crippen LogP contribution in [0.3, 0.4) is 0 Å². The van der Waals surface area contributed by atoms with Crippen LogP contribution in [0.5, 0.6) is 0 Å². The van der Waals surface area contributed by atoms with Crippen molar-refractivity contribution in [3.05, 3.63) is 0 Å². The van der Waals surface area contributed by atoms with E-state index in [1.165, 1.54) is 51.6 Å². The molecule has 0 radical (unpaired) electrons. The molecule has 2 fully saturated rings. The highest BCUT2D eigenvalue weighted by molar-refractivity contribution is 4.89. The Bertz CT molecular complexity index is 235. The van der Waals surface area contributed by atoms with Crippen LogP contribution in [0.25, 0.3) is 0 Å². The molecule has 0 aromatic rings. The Morgan fingerprint density at radius 3 is 2.59 bits per heavy atom. The lowest BCUT2D eigenvalue weighted by Crippen LogP contribution is -2.51. The predicted octanol–water partition coefficient (Wildman–Crippen LogP) is 2.89. The number of likely N-dealkylation sites (tertiary alicyclic amines) is 1. The molecule has 0 bridgehead atoms. The minimum Gasteiger partial charge on any atom is -0.319 e. The maximum atomic E-state index is 3.34. The topological polar surface area (TPSA) is 15.3 Å². The van der Waals surface area contributed by atoms with Crippen LogP contribution in [0.15, 0.2) is 0 Å². The van der Waals surface area contributed by atoms with E-state index in [1.807, 2.05) is 0 Å². The van der Waals surface area contributed by atoms with Crippen LogP contribution in [-0.2, 0) is 0 Å². The number of piperidine rings is 1. The summed E-state index contributed by atoms with van der Waals surface area (Å²) >= 11 is 0. The van der Waals surface area contributed by atoms with E-state index < -0.39 is 0 Å². The average molecular weight is 238 g/mol. The molecular formula is C15H30N2. The zero-order valence-corrected chi connectivity index (χ0v) is 12.0. The van der Waals surface area contributed by atoms with Gasteiger partial charge in [0.25, 0.3) is 0 Å². The van der Waals surface area contributed by atoms with Crippen molar-refractivity contribution in [2.75, 3.05) is 26.7 Å². The van der Waals surface area contributed by atoms with Gasteiger partial charge in [-0.25, -0.2) is 0 Å². The lowest BCUT2D eigenvalue weighted by atomic mass is 9.77. The van der Waals surface area contributed by atoms with Gasteiger partial charge < -0.3 is 5.32 Å². The van der Waals surface area contributed by atoms with E-state index in [1.54, 1.807) is 0 Å². The van der Waals surface area contributed by atoms with E-state index in [9.17, 15) is 0 Å². The van der Waals surface area contributed by atoms with Crippen molar-refractivity contribution in [1.29, 1.82) is 0 Å². The minimum atomic E-state index is 0.411. The van der Waals surface area contributed by atoms with Crippen molar-refractivity contribution >= 4 is 0 Å². The molecule has 1 saturated heterocycles. The van der Waals surface area contributed by atoms with Gasteiger partial charge in [0.05, 0.1) is 0 Å². The van der Waals surface area contributed by atoms with Crippen molar-refractivity contribution in [2.24, 2.45) is 11.3 Å². The molecule has 2 atom stereocenters. The van der Waals surface area contributed by atoms with Crippen LogP contribution in [0.2, 0.25) is 0 Å². The number of fused-ring (bicyclic) bond motifs is 1. The quantitative estimate of drug-likeness (QED) is 0.810. The standard InChI is InChI=1S/C15H30N2/c1-15(2,11-16-3)12-17-10-6-8-13-7-4-5-9-14(13)17/h13-14,16H,4-12H2,1-3H3. The lowest BCUT2D eigenvalue weighted by molar-refractivity contribution is 0.0325. The molecular weight excluding hydrogens is 208 g/mol. The number of hydrogen-bond donors (Lipinski definition) is 1. The summed E-state index contributed by atoms with van der Waals surface area (Å²) in [7, 11) is 2.07. The second-order valence-corrected chi connectivity index (χ2v) is 6.92. The zero-order valence-electron chi connectivity index (χ0n) is 12.0. The van der Waals surface area contributed by atoms with Crippen molar-refractivity contribution < 1.29 is 0 Å². The fraction of sp³-hybridized carbons (Fsp3) is 1.00. The molecule has 2 aliphatic rings. The number of rotatable bonds is 4. The van der Waals surface area contributed by atoms with Crippen LogP contribution in [0.1, 0.15) is 52.4 Å². The summed E-state index contributed by atoms with van der Waals surface area (Å²) in [4.78, 5) is 2.81.